The van der Waals surface area contributed by atoms with Crippen LogP contribution in [0.15, 0.2) is 4.99 Å². The van der Waals surface area contributed by atoms with Crippen molar-refractivity contribution in [3.63, 3.8) is 0 Å². The maximum Gasteiger partial charge on any atom is 0.191 e. The van der Waals surface area contributed by atoms with Crippen molar-refractivity contribution < 1.29 is 13.2 Å². The molecule has 2 unspecified atom stereocenters. The lowest BCUT2D eigenvalue weighted by Gasteiger charge is -2.55. The number of ether oxygens (including phenoxy) is 1. The highest BCUT2D eigenvalue weighted by molar-refractivity contribution is 7.91. The van der Waals surface area contributed by atoms with Crippen LogP contribution in [-0.4, -0.2) is 57.7 Å². The van der Waals surface area contributed by atoms with Crippen LogP contribution in [0.4, 0.5) is 0 Å². The van der Waals surface area contributed by atoms with E-state index in [1.807, 2.05) is 13.8 Å². The summed E-state index contributed by atoms with van der Waals surface area (Å²) in [5, 5.41) is 6.73. The smallest absolute Gasteiger partial charge is 0.191 e. The maximum atomic E-state index is 11.6. The molecule has 0 aromatic rings. The van der Waals surface area contributed by atoms with E-state index in [9.17, 15) is 8.42 Å². The molecule has 1 fully saturated rings. The molecule has 0 aromatic heterocycles. The van der Waals surface area contributed by atoms with Crippen molar-refractivity contribution in [1.29, 1.82) is 0 Å². The second-order valence-corrected chi connectivity index (χ2v) is 8.79. The summed E-state index contributed by atoms with van der Waals surface area (Å²) < 4.78 is 29.1. The molecular weight excluding hydrogens is 326 g/mol. The molecule has 24 heavy (non-hydrogen) atoms. The zero-order valence-electron chi connectivity index (χ0n) is 15.9. The van der Waals surface area contributed by atoms with Crippen molar-refractivity contribution in [2.45, 2.75) is 66.0 Å². The largest absolute Gasteiger partial charge is 0.378 e. The molecule has 2 N–H and O–H groups in total. The summed E-state index contributed by atoms with van der Waals surface area (Å²) in [6, 6.07) is 0.310. The number of nitrogens with one attached hydrogen (secondary N) is 2. The molecule has 0 saturated heterocycles. The Kier molecular flexibility index (Phi) is 8.50. The van der Waals surface area contributed by atoms with E-state index in [0.717, 1.165) is 32.4 Å². The van der Waals surface area contributed by atoms with E-state index < -0.39 is 9.84 Å². The minimum Gasteiger partial charge on any atom is -0.378 e. The summed E-state index contributed by atoms with van der Waals surface area (Å²) in [6.07, 6.45) is 3.36. The third-order valence-electron chi connectivity index (χ3n) is 5.24. The molecule has 2 atom stereocenters. The first-order chi connectivity index (χ1) is 11.4. The summed E-state index contributed by atoms with van der Waals surface area (Å²) >= 11 is 0. The summed E-state index contributed by atoms with van der Waals surface area (Å²) in [5.74, 6) is 0.967. The number of sulfone groups is 1. The van der Waals surface area contributed by atoms with Crippen LogP contribution in [0, 0.1) is 5.41 Å². The lowest BCUT2D eigenvalue weighted by atomic mass is 9.58. The van der Waals surface area contributed by atoms with E-state index in [1.165, 1.54) is 0 Å². The predicted octanol–water partition coefficient (Wildman–Crippen LogP) is 1.96. The van der Waals surface area contributed by atoms with E-state index in [0.29, 0.717) is 24.7 Å². The molecule has 0 radical (unpaired) electrons. The minimum absolute atomic E-state index is 0.0962. The highest BCUT2D eigenvalue weighted by Gasteiger charge is 2.53. The molecule has 0 spiro atoms. The van der Waals surface area contributed by atoms with Crippen LogP contribution in [-0.2, 0) is 14.6 Å². The van der Waals surface area contributed by atoms with Crippen LogP contribution in [0.3, 0.4) is 0 Å². The summed E-state index contributed by atoms with van der Waals surface area (Å²) in [5.41, 5.74) is 0.127. The average molecular weight is 362 g/mol. The van der Waals surface area contributed by atoms with Gasteiger partial charge >= 0.3 is 0 Å². The number of aliphatic imine (C=N–C) groups is 1. The van der Waals surface area contributed by atoms with Gasteiger partial charge in [0.15, 0.2) is 15.8 Å². The fraction of sp³-hybridized carbons (Fsp3) is 0.941. The quantitative estimate of drug-likeness (QED) is 0.459. The molecule has 0 aliphatic heterocycles. The van der Waals surface area contributed by atoms with E-state index in [2.05, 4.69) is 29.5 Å². The molecule has 0 bridgehead atoms. The summed E-state index contributed by atoms with van der Waals surface area (Å²) in [6.45, 7) is 11.9. The van der Waals surface area contributed by atoms with Crippen LogP contribution < -0.4 is 10.6 Å². The summed E-state index contributed by atoms with van der Waals surface area (Å²) in [4.78, 5) is 4.45. The monoisotopic (exact) mass is 361 g/mol. The van der Waals surface area contributed by atoms with Gasteiger partial charge in [0.1, 0.15) is 0 Å². The second kappa shape index (κ2) is 9.61. The van der Waals surface area contributed by atoms with Crippen LogP contribution in [0.25, 0.3) is 0 Å². The van der Waals surface area contributed by atoms with Gasteiger partial charge in [0.25, 0.3) is 0 Å². The third-order valence-corrected chi connectivity index (χ3v) is 6.92. The molecule has 0 aromatic carbocycles. The first-order valence-corrected chi connectivity index (χ1v) is 11.1. The molecule has 0 amide bonds. The second-order valence-electron chi connectivity index (χ2n) is 6.31. The first-order valence-electron chi connectivity index (χ1n) is 9.25. The minimum atomic E-state index is -2.98. The molecule has 7 heteroatoms. The SMILES string of the molecule is CCNC(=NCCS(=O)(=O)CC)NC1CC(OCC)C1(CC)CC. The fourth-order valence-electron chi connectivity index (χ4n) is 3.51. The number of guanidine groups is 1. The summed E-state index contributed by atoms with van der Waals surface area (Å²) in [7, 11) is -2.98. The van der Waals surface area contributed by atoms with Crippen LogP contribution in [0.5, 0.6) is 0 Å². The third kappa shape index (κ3) is 5.09. The molecule has 142 valence electrons. The fourth-order valence-corrected chi connectivity index (χ4v) is 4.17. The van der Waals surface area contributed by atoms with Crippen LogP contribution in [0.2, 0.25) is 0 Å². The van der Waals surface area contributed by atoms with Crippen LogP contribution in [0.1, 0.15) is 53.9 Å². The van der Waals surface area contributed by atoms with E-state index in [4.69, 9.17) is 4.74 Å². The molecule has 1 aliphatic carbocycles. The first kappa shape index (κ1) is 21.2. The Morgan fingerprint density at radius 1 is 1.21 bits per heavy atom. The number of hydrogen-bond acceptors (Lipinski definition) is 4. The predicted molar refractivity (Wildman–Crippen MR) is 100 cm³/mol. The van der Waals surface area contributed by atoms with E-state index >= 15 is 0 Å². The lowest BCUT2D eigenvalue weighted by molar-refractivity contribution is -0.133. The Hall–Kier alpha value is -0.820. The zero-order valence-corrected chi connectivity index (χ0v) is 16.7. The van der Waals surface area contributed by atoms with Gasteiger partial charge in [0.05, 0.1) is 18.4 Å². The van der Waals surface area contributed by atoms with Crippen LogP contribution >= 0.6 is 0 Å². The van der Waals surface area contributed by atoms with Gasteiger partial charge in [-0.15, -0.1) is 0 Å². The normalized spacial score (nSPS) is 23.6. The molecule has 0 heterocycles. The van der Waals surface area contributed by atoms with Gasteiger partial charge in [-0.1, -0.05) is 20.8 Å². The van der Waals surface area contributed by atoms with Gasteiger partial charge in [0.2, 0.25) is 0 Å². The molecule has 1 saturated carbocycles. The van der Waals surface area contributed by atoms with Crippen molar-refractivity contribution >= 4 is 15.8 Å². The topological polar surface area (TPSA) is 79.8 Å². The van der Waals surface area contributed by atoms with Gasteiger partial charge in [0, 0.05) is 30.4 Å². The van der Waals surface area contributed by atoms with Gasteiger partial charge in [-0.25, -0.2) is 8.42 Å². The van der Waals surface area contributed by atoms with Gasteiger partial charge in [-0.2, -0.15) is 0 Å². The Morgan fingerprint density at radius 3 is 2.38 bits per heavy atom. The molecule has 6 nitrogen and oxygen atoms in total. The molecule has 1 aliphatic rings. The highest BCUT2D eigenvalue weighted by atomic mass is 32.2. The maximum absolute atomic E-state index is 11.6. The Balaban J connectivity index is 2.74. The Morgan fingerprint density at radius 2 is 1.88 bits per heavy atom. The van der Waals surface area contributed by atoms with Crippen molar-refractivity contribution in [1.82, 2.24) is 10.6 Å². The lowest BCUT2D eigenvalue weighted by Crippen LogP contribution is -2.65. The van der Waals surface area contributed by atoms with Crippen molar-refractivity contribution in [3.05, 3.63) is 0 Å². The molecular formula is C17H35N3O3S. The number of hydrogen-bond donors (Lipinski definition) is 2. The Bertz CT molecular complexity index is 501. The highest BCUT2D eigenvalue weighted by Crippen LogP contribution is 2.48. The van der Waals surface area contributed by atoms with Crippen molar-refractivity contribution in [3.8, 4) is 0 Å². The van der Waals surface area contributed by atoms with E-state index in [-0.39, 0.29) is 16.9 Å². The van der Waals surface area contributed by atoms with Crippen molar-refractivity contribution in [2.24, 2.45) is 10.4 Å². The van der Waals surface area contributed by atoms with Crippen molar-refractivity contribution in [2.75, 3.05) is 31.2 Å². The van der Waals surface area contributed by atoms with Gasteiger partial charge in [-0.3, -0.25) is 4.99 Å². The Labute approximate surface area is 147 Å². The van der Waals surface area contributed by atoms with Gasteiger partial charge < -0.3 is 15.4 Å². The standard InChI is InChI=1S/C17H35N3O3S/c1-6-17(7-2)14(13-15(17)23-9-4)20-16(18-8-3)19-11-12-24(21,22)10-5/h14-15H,6-13H2,1-5H3,(H2,18,19,20). The van der Waals surface area contributed by atoms with Gasteiger partial charge in [-0.05, 0) is 33.1 Å². The average Bonchev–Trinajstić information content (AvgIpc) is 2.55. The van der Waals surface area contributed by atoms with E-state index in [1.54, 1.807) is 6.92 Å². The number of nitrogens with zero attached hydrogens (tertiary/aromatic N) is 1. The zero-order chi connectivity index (χ0) is 18.2. The molecule has 1 rings (SSSR count). The number of rotatable bonds is 10.